The van der Waals surface area contributed by atoms with Crippen LogP contribution in [0.15, 0.2) is 34.1 Å². The van der Waals surface area contributed by atoms with Crippen LogP contribution in [0.2, 0.25) is 0 Å². The predicted octanol–water partition coefficient (Wildman–Crippen LogP) is 0.811. The van der Waals surface area contributed by atoms with Crippen molar-refractivity contribution in [1.82, 2.24) is 8.61 Å². The minimum Gasteiger partial charge on any atom is -0.481 e. The second kappa shape index (κ2) is 7.02. The molecule has 1 fully saturated rings. The molecule has 1 aromatic rings. The van der Waals surface area contributed by atoms with Crippen LogP contribution in [0.3, 0.4) is 0 Å². The van der Waals surface area contributed by atoms with Crippen LogP contribution < -0.4 is 0 Å². The Morgan fingerprint density at radius 1 is 1.16 bits per heavy atom. The molecule has 8 nitrogen and oxygen atoms in total. The van der Waals surface area contributed by atoms with Crippen LogP contribution in [0, 0.1) is 5.92 Å². The Morgan fingerprint density at radius 3 is 2.32 bits per heavy atom. The van der Waals surface area contributed by atoms with Gasteiger partial charge in [0.25, 0.3) is 0 Å². The lowest BCUT2D eigenvalue weighted by molar-refractivity contribution is -0.143. The molecule has 1 N–H and O–H groups in total. The summed E-state index contributed by atoms with van der Waals surface area (Å²) in [7, 11) is -5.05. The summed E-state index contributed by atoms with van der Waals surface area (Å²) >= 11 is 0. The van der Waals surface area contributed by atoms with Gasteiger partial charge in [-0.2, -0.15) is 4.31 Å². The summed E-state index contributed by atoms with van der Waals surface area (Å²) in [5.41, 5.74) is 0. The molecule has 0 radical (unpaired) electrons. The van der Waals surface area contributed by atoms with E-state index in [1.54, 1.807) is 6.92 Å². The van der Waals surface area contributed by atoms with Crippen LogP contribution in [-0.2, 0) is 24.8 Å². The number of sulfonamides is 2. The van der Waals surface area contributed by atoms with Gasteiger partial charge in [0, 0.05) is 26.7 Å². The van der Waals surface area contributed by atoms with Gasteiger partial charge in [-0.1, -0.05) is 6.07 Å². The van der Waals surface area contributed by atoms with E-state index in [1.165, 1.54) is 32.3 Å². The highest BCUT2D eigenvalue weighted by molar-refractivity contribution is 7.90. The summed E-state index contributed by atoms with van der Waals surface area (Å²) in [6.45, 7) is 1.60. The predicted molar refractivity (Wildman–Crippen MR) is 91.0 cm³/mol. The Labute approximate surface area is 148 Å². The molecule has 10 heteroatoms. The fraction of sp³-hybridized carbons (Fsp3) is 0.533. The largest absolute Gasteiger partial charge is 0.481 e. The van der Waals surface area contributed by atoms with Crippen molar-refractivity contribution < 1.29 is 26.7 Å². The summed E-state index contributed by atoms with van der Waals surface area (Å²) in [6, 6.07) is 4.78. The molecule has 2 rings (SSSR count). The highest BCUT2D eigenvalue weighted by atomic mass is 32.2. The highest BCUT2D eigenvalue weighted by Crippen LogP contribution is 2.29. The number of carboxylic acid groups (broad SMARTS) is 1. The number of nitrogens with zero attached hydrogens (tertiary/aromatic N) is 2. The van der Waals surface area contributed by atoms with Gasteiger partial charge in [0.05, 0.1) is 15.7 Å². The Kier molecular flexibility index (Phi) is 5.57. The molecule has 0 bridgehead atoms. The first kappa shape index (κ1) is 19.8. The smallest absolute Gasteiger partial charge is 0.307 e. The molecule has 0 spiro atoms. The molecule has 2 atom stereocenters. The molecule has 0 aromatic heterocycles. The molecule has 1 aliphatic heterocycles. The fourth-order valence-corrected chi connectivity index (χ4v) is 5.53. The summed E-state index contributed by atoms with van der Waals surface area (Å²) in [6.07, 6.45) is 0.851. The number of piperidine rings is 1. The van der Waals surface area contributed by atoms with E-state index in [-0.39, 0.29) is 22.4 Å². The lowest BCUT2D eigenvalue weighted by Gasteiger charge is -2.35. The number of rotatable bonds is 5. The molecule has 1 saturated heterocycles. The third-order valence-electron chi connectivity index (χ3n) is 4.36. The third kappa shape index (κ3) is 3.86. The molecule has 0 aliphatic carbocycles. The second-order valence-electron chi connectivity index (χ2n) is 6.30. The SMILES string of the molecule is CC1CCC(C(=O)O)CN1S(=O)(=O)c1cccc(S(=O)(=O)N(C)C)c1. The molecule has 2 unspecified atom stereocenters. The van der Waals surface area contributed by atoms with E-state index in [1.807, 2.05) is 0 Å². The summed E-state index contributed by atoms with van der Waals surface area (Å²) in [5, 5.41) is 9.18. The van der Waals surface area contributed by atoms with Crippen LogP contribution in [-0.4, -0.2) is 63.2 Å². The van der Waals surface area contributed by atoms with Gasteiger partial charge < -0.3 is 5.11 Å². The average molecular weight is 390 g/mol. The van der Waals surface area contributed by atoms with Crippen molar-refractivity contribution in [2.75, 3.05) is 20.6 Å². The lowest BCUT2D eigenvalue weighted by atomic mass is 9.96. The number of hydrogen-bond acceptors (Lipinski definition) is 5. The minimum absolute atomic E-state index is 0.122. The minimum atomic E-state index is -4.00. The second-order valence-corrected chi connectivity index (χ2v) is 10.3. The Bertz CT molecular complexity index is 864. The topological polar surface area (TPSA) is 112 Å². The van der Waals surface area contributed by atoms with E-state index in [0.29, 0.717) is 12.8 Å². The maximum atomic E-state index is 12.9. The van der Waals surface area contributed by atoms with Crippen molar-refractivity contribution in [2.45, 2.75) is 35.6 Å². The van der Waals surface area contributed by atoms with Crippen LogP contribution >= 0.6 is 0 Å². The van der Waals surface area contributed by atoms with Crippen LogP contribution in [0.25, 0.3) is 0 Å². The first-order valence-corrected chi connectivity index (χ1v) is 10.6. The number of hydrogen-bond donors (Lipinski definition) is 1. The first-order chi connectivity index (χ1) is 11.5. The summed E-state index contributed by atoms with van der Waals surface area (Å²) < 4.78 is 52.5. The zero-order valence-corrected chi connectivity index (χ0v) is 15.9. The third-order valence-corrected chi connectivity index (χ3v) is 8.15. The zero-order valence-electron chi connectivity index (χ0n) is 14.3. The number of aliphatic carboxylic acids is 1. The van der Waals surface area contributed by atoms with Gasteiger partial charge in [0.2, 0.25) is 20.0 Å². The van der Waals surface area contributed by atoms with Crippen LogP contribution in [0.1, 0.15) is 19.8 Å². The Balaban J connectivity index is 2.44. The quantitative estimate of drug-likeness (QED) is 0.796. The molecular weight excluding hydrogens is 368 g/mol. The van der Waals surface area contributed by atoms with E-state index in [2.05, 4.69) is 0 Å². The van der Waals surface area contributed by atoms with E-state index >= 15 is 0 Å². The standard InChI is InChI=1S/C15H22N2O6S2/c1-11-7-8-12(15(18)19)10-17(11)25(22,23)14-6-4-5-13(9-14)24(20,21)16(2)3/h4-6,9,11-12H,7-8,10H2,1-3H3,(H,18,19). The first-order valence-electron chi connectivity index (χ1n) is 7.75. The van der Waals surface area contributed by atoms with Crippen molar-refractivity contribution in [3.05, 3.63) is 24.3 Å². The van der Waals surface area contributed by atoms with Gasteiger partial charge in [-0.3, -0.25) is 4.79 Å². The fourth-order valence-electron chi connectivity index (χ4n) is 2.75. The number of carbonyl (C=O) groups is 1. The molecule has 0 amide bonds. The zero-order chi connectivity index (χ0) is 19.0. The maximum Gasteiger partial charge on any atom is 0.307 e. The van der Waals surface area contributed by atoms with Gasteiger partial charge in [-0.25, -0.2) is 21.1 Å². The van der Waals surface area contributed by atoms with Crippen molar-refractivity contribution >= 4 is 26.0 Å². The summed E-state index contributed by atoms with van der Waals surface area (Å²) in [5.74, 6) is -1.80. The maximum absolute atomic E-state index is 12.9. The Morgan fingerprint density at radius 2 is 1.76 bits per heavy atom. The van der Waals surface area contributed by atoms with E-state index < -0.39 is 31.9 Å². The number of carboxylic acids is 1. The van der Waals surface area contributed by atoms with Gasteiger partial charge in [-0.05, 0) is 38.0 Å². The average Bonchev–Trinajstić information content (AvgIpc) is 2.54. The molecule has 0 saturated carbocycles. The molecule has 140 valence electrons. The van der Waals surface area contributed by atoms with Gasteiger partial charge in [0.1, 0.15) is 0 Å². The van der Waals surface area contributed by atoms with E-state index in [9.17, 15) is 26.7 Å². The van der Waals surface area contributed by atoms with Crippen molar-refractivity contribution in [2.24, 2.45) is 5.92 Å². The lowest BCUT2D eigenvalue weighted by Crippen LogP contribution is -2.47. The van der Waals surface area contributed by atoms with Crippen molar-refractivity contribution in [3.8, 4) is 0 Å². The van der Waals surface area contributed by atoms with Crippen LogP contribution in [0.5, 0.6) is 0 Å². The Hall–Kier alpha value is -1.49. The normalized spacial score (nSPS) is 22.9. The molecule has 1 heterocycles. The van der Waals surface area contributed by atoms with Crippen LogP contribution in [0.4, 0.5) is 0 Å². The molecule has 25 heavy (non-hydrogen) atoms. The van der Waals surface area contributed by atoms with Gasteiger partial charge in [0.15, 0.2) is 0 Å². The van der Waals surface area contributed by atoms with Crippen molar-refractivity contribution in [3.63, 3.8) is 0 Å². The number of benzene rings is 1. The highest BCUT2D eigenvalue weighted by Gasteiger charge is 2.37. The molecule has 1 aliphatic rings. The summed E-state index contributed by atoms with van der Waals surface area (Å²) in [4.78, 5) is 10.9. The van der Waals surface area contributed by atoms with Gasteiger partial charge in [-0.15, -0.1) is 0 Å². The molecular formula is C15H22N2O6S2. The van der Waals surface area contributed by atoms with Gasteiger partial charge >= 0.3 is 5.97 Å². The molecule has 1 aromatic carbocycles. The van der Waals surface area contributed by atoms with Crippen molar-refractivity contribution in [1.29, 1.82) is 0 Å². The monoisotopic (exact) mass is 390 g/mol. The van der Waals surface area contributed by atoms with E-state index in [0.717, 1.165) is 14.7 Å². The van der Waals surface area contributed by atoms with E-state index in [4.69, 9.17) is 0 Å².